The summed E-state index contributed by atoms with van der Waals surface area (Å²) in [6.07, 6.45) is 3.61. The molecule has 0 aliphatic rings. The van der Waals surface area contributed by atoms with Gasteiger partial charge in [0.1, 0.15) is 12.4 Å². The maximum atomic E-state index is 5.30. The van der Waals surface area contributed by atoms with Gasteiger partial charge in [-0.2, -0.15) is 0 Å². The molecule has 0 aromatic carbocycles. The van der Waals surface area contributed by atoms with Crippen LogP contribution in [0.1, 0.15) is 5.82 Å². The number of nitrogens with zero attached hydrogens (tertiary/aromatic N) is 3. The molecule has 13 heavy (non-hydrogen) atoms. The summed E-state index contributed by atoms with van der Waals surface area (Å²) in [5.74, 6) is 0.865. The van der Waals surface area contributed by atoms with Gasteiger partial charge in [-0.1, -0.05) is 0 Å². The number of rotatable bonds is 2. The molecule has 0 unspecified atom stereocenters. The Hall–Kier alpha value is -1.10. The lowest BCUT2D eigenvalue weighted by Crippen LogP contribution is -2.22. The van der Waals surface area contributed by atoms with E-state index in [9.17, 15) is 0 Å². The predicted octanol–water partition coefficient (Wildman–Crippen LogP) is 0.783. The Labute approximate surface area is 83.1 Å². The molecule has 5 heteroatoms. The lowest BCUT2D eigenvalue weighted by molar-refractivity contribution is 0.246. The average molecular weight is 199 g/mol. The Kier molecular flexibility index (Phi) is 3.25. The van der Waals surface area contributed by atoms with E-state index in [1.54, 1.807) is 11.1 Å². The predicted molar refractivity (Wildman–Crippen MR) is 54.3 cm³/mol. The van der Waals surface area contributed by atoms with E-state index < -0.39 is 0 Å². The van der Waals surface area contributed by atoms with Crippen molar-refractivity contribution in [2.75, 3.05) is 14.1 Å². The quantitative estimate of drug-likeness (QED) is 0.659. The molecule has 1 aromatic rings. The van der Waals surface area contributed by atoms with Crippen molar-refractivity contribution in [1.82, 2.24) is 14.5 Å². The van der Waals surface area contributed by atoms with Crippen LogP contribution in [0.5, 0.6) is 0 Å². The van der Waals surface area contributed by atoms with Gasteiger partial charge in [0, 0.05) is 33.5 Å². The number of aromatic nitrogens is 2. The van der Waals surface area contributed by atoms with Crippen LogP contribution in [0.2, 0.25) is 0 Å². The van der Waals surface area contributed by atoms with Crippen molar-refractivity contribution in [1.29, 1.82) is 0 Å². The number of hydrogen-bond acceptors (Lipinski definition) is 3. The van der Waals surface area contributed by atoms with Crippen molar-refractivity contribution in [3.63, 3.8) is 0 Å². The fourth-order valence-electron chi connectivity index (χ4n) is 0.791. The highest BCUT2D eigenvalue weighted by molar-refractivity contribution is 7.79. The van der Waals surface area contributed by atoms with Crippen LogP contribution in [0.25, 0.3) is 0 Å². The summed E-state index contributed by atoms with van der Waals surface area (Å²) in [7, 11) is 5.62. The molecule has 0 bridgehead atoms. The third-order valence-electron chi connectivity index (χ3n) is 1.61. The van der Waals surface area contributed by atoms with Crippen molar-refractivity contribution in [2.24, 2.45) is 7.05 Å². The second-order valence-electron chi connectivity index (χ2n) is 2.90. The first-order chi connectivity index (χ1) is 6.11. The van der Waals surface area contributed by atoms with Gasteiger partial charge in [-0.3, -0.25) is 0 Å². The summed E-state index contributed by atoms with van der Waals surface area (Å²) in [5, 5.41) is 0.475. The number of hydrogen-bond donors (Lipinski definition) is 0. The van der Waals surface area contributed by atoms with Crippen LogP contribution in [-0.2, 0) is 18.4 Å². The third-order valence-corrected chi connectivity index (χ3v) is 2.09. The van der Waals surface area contributed by atoms with Gasteiger partial charge in [-0.15, -0.1) is 0 Å². The molecule has 1 rings (SSSR count). The average Bonchev–Trinajstić information content (AvgIpc) is 2.47. The van der Waals surface area contributed by atoms with E-state index in [0.717, 1.165) is 5.82 Å². The van der Waals surface area contributed by atoms with Gasteiger partial charge in [0.2, 0.25) is 0 Å². The molecule has 0 atom stereocenters. The van der Waals surface area contributed by atoms with Gasteiger partial charge >= 0.3 is 0 Å². The Morgan fingerprint density at radius 3 is 2.85 bits per heavy atom. The largest absolute Gasteiger partial charge is 0.463 e. The third kappa shape index (κ3) is 2.69. The van der Waals surface area contributed by atoms with Crippen LogP contribution >= 0.6 is 12.2 Å². The van der Waals surface area contributed by atoms with Crippen molar-refractivity contribution in [3.05, 3.63) is 18.2 Å². The molecule has 0 saturated carbocycles. The molecule has 0 amide bonds. The van der Waals surface area contributed by atoms with Crippen LogP contribution in [0.3, 0.4) is 0 Å². The Morgan fingerprint density at radius 2 is 2.38 bits per heavy atom. The minimum atomic E-state index is 0.417. The van der Waals surface area contributed by atoms with E-state index in [1.165, 1.54) is 0 Å². The van der Waals surface area contributed by atoms with Crippen LogP contribution in [0.15, 0.2) is 12.4 Å². The highest BCUT2D eigenvalue weighted by Crippen LogP contribution is 1.98. The highest BCUT2D eigenvalue weighted by Gasteiger charge is 2.03. The fourth-order valence-corrected chi connectivity index (χ4v) is 0.850. The van der Waals surface area contributed by atoms with Crippen molar-refractivity contribution in [3.8, 4) is 0 Å². The molecular formula is C8H13N3OS. The second kappa shape index (κ2) is 4.23. The molecule has 0 spiro atoms. The standard InChI is InChI=1S/C8H13N3OS/c1-10(2)8(13)12-6-7-9-4-5-11(7)3/h4-5H,6H2,1-3H3. The smallest absolute Gasteiger partial charge is 0.259 e. The minimum Gasteiger partial charge on any atom is -0.463 e. The Balaban J connectivity index is 2.44. The van der Waals surface area contributed by atoms with Gasteiger partial charge in [0.05, 0.1) is 0 Å². The van der Waals surface area contributed by atoms with Crippen molar-refractivity contribution < 1.29 is 4.74 Å². The molecular weight excluding hydrogens is 186 g/mol. The molecule has 1 heterocycles. The van der Waals surface area contributed by atoms with Crippen LogP contribution in [-0.4, -0.2) is 33.7 Å². The molecule has 0 fully saturated rings. The lowest BCUT2D eigenvalue weighted by Gasteiger charge is -2.13. The maximum Gasteiger partial charge on any atom is 0.259 e. The van der Waals surface area contributed by atoms with Gasteiger partial charge < -0.3 is 14.2 Å². The van der Waals surface area contributed by atoms with E-state index in [2.05, 4.69) is 4.98 Å². The van der Waals surface area contributed by atoms with Crippen LogP contribution in [0, 0.1) is 0 Å². The van der Waals surface area contributed by atoms with Crippen LogP contribution < -0.4 is 0 Å². The van der Waals surface area contributed by atoms with E-state index in [0.29, 0.717) is 11.8 Å². The normalized spacial score (nSPS) is 9.77. The zero-order chi connectivity index (χ0) is 9.84. The van der Waals surface area contributed by atoms with Crippen molar-refractivity contribution in [2.45, 2.75) is 6.61 Å². The molecule has 0 aliphatic carbocycles. The van der Waals surface area contributed by atoms with Gasteiger partial charge in [0.25, 0.3) is 5.17 Å². The van der Waals surface area contributed by atoms with E-state index in [1.807, 2.05) is 31.9 Å². The zero-order valence-electron chi connectivity index (χ0n) is 8.02. The number of ether oxygens (including phenoxy) is 1. The van der Waals surface area contributed by atoms with E-state index >= 15 is 0 Å². The topological polar surface area (TPSA) is 30.3 Å². The summed E-state index contributed by atoms with van der Waals surface area (Å²) in [6, 6.07) is 0. The first-order valence-corrected chi connectivity index (χ1v) is 4.32. The van der Waals surface area contributed by atoms with Gasteiger partial charge in [-0.25, -0.2) is 4.98 Å². The van der Waals surface area contributed by atoms with Crippen molar-refractivity contribution >= 4 is 17.4 Å². The first-order valence-electron chi connectivity index (χ1n) is 3.91. The Morgan fingerprint density at radius 1 is 1.69 bits per heavy atom. The number of thiocarbonyl (C=S) groups is 1. The molecule has 0 aliphatic heterocycles. The molecule has 0 N–H and O–H groups in total. The number of imidazole rings is 1. The zero-order valence-corrected chi connectivity index (χ0v) is 8.84. The number of aryl methyl sites for hydroxylation is 1. The molecule has 4 nitrogen and oxygen atoms in total. The first kappa shape index (κ1) is 9.98. The van der Waals surface area contributed by atoms with Gasteiger partial charge in [0.15, 0.2) is 0 Å². The van der Waals surface area contributed by atoms with Crippen LogP contribution in [0.4, 0.5) is 0 Å². The second-order valence-corrected chi connectivity index (χ2v) is 3.25. The van der Waals surface area contributed by atoms with Gasteiger partial charge in [-0.05, 0) is 12.2 Å². The SMILES string of the molecule is CN(C)C(=S)OCc1nccn1C. The van der Waals surface area contributed by atoms with E-state index in [-0.39, 0.29) is 0 Å². The molecule has 0 saturated heterocycles. The summed E-state index contributed by atoms with van der Waals surface area (Å²) in [4.78, 5) is 5.86. The molecule has 0 radical (unpaired) electrons. The fraction of sp³-hybridized carbons (Fsp3) is 0.500. The Bertz CT molecular complexity index is 295. The maximum absolute atomic E-state index is 5.30. The minimum absolute atomic E-state index is 0.417. The summed E-state index contributed by atoms with van der Waals surface area (Å²) in [5.41, 5.74) is 0. The summed E-state index contributed by atoms with van der Waals surface area (Å²) >= 11 is 4.96. The summed E-state index contributed by atoms with van der Waals surface area (Å²) in [6.45, 7) is 0.417. The summed E-state index contributed by atoms with van der Waals surface area (Å²) < 4.78 is 7.20. The highest BCUT2D eigenvalue weighted by atomic mass is 32.1. The lowest BCUT2D eigenvalue weighted by atomic mass is 10.6. The molecule has 72 valence electrons. The monoisotopic (exact) mass is 199 g/mol. The molecule has 1 aromatic heterocycles. The van der Waals surface area contributed by atoms with E-state index in [4.69, 9.17) is 17.0 Å².